The zero-order valence-corrected chi connectivity index (χ0v) is 15.3. The van der Waals surface area contributed by atoms with Crippen LogP contribution >= 0.6 is 11.6 Å². The van der Waals surface area contributed by atoms with Crippen molar-refractivity contribution in [2.24, 2.45) is 5.92 Å². The second-order valence-corrected chi connectivity index (χ2v) is 7.36. The largest absolute Gasteiger partial charge is 0.370 e. The SMILES string of the molecule is Bc1cnn2c(NCC3CCCCC3)cc(-c3ccccc3Cl)nc12. The number of nitrogens with zero attached hydrogens (tertiary/aromatic N) is 3. The summed E-state index contributed by atoms with van der Waals surface area (Å²) < 4.78 is 1.90. The van der Waals surface area contributed by atoms with Crippen molar-refractivity contribution in [3.8, 4) is 11.3 Å². The van der Waals surface area contributed by atoms with E-state index in [4.69, 9.17) is 16.6 Å². The van der Waals surface area contributed by atoms with Gasteiger partial charge in [-0.05, 0) is 30.3 Å². The first-order valence-electron chi connectivity index (χ1n) is 9.06. The minimum atomic E-state index is 0.717. The maximum absolute atomic E-state index is 6.39. The third kappa shape index (κ3) is 3.38. The highest BCUT2D eigenvalue weighted by molar-refractivity contribution is 6.36. The van der Waals surface area contributed by atoms with Crippen LogP contribution in [-0.4, -0.2) is 29.0 Å². The molecular formula is C19H22BClN4. The van der Waals surface area contributed by atoms with E-state index in [1.807, 2.05) is 42.8 Å². The Morgan fingerprint density at radius 3 is 2.80 bits per heavy atom. The highest BCUT2D eigenvalue weighted by Crippen LogP contribution is 2.29. The quantitative estimate of drug-likeness (QED) is 0.733. The fraction of sp³-hybridized carbons (Fsp3) is 0.368. The summed E-state index contributed by atoms with van der Waals surface area (Å²) in [5.74, 6) is 1.73. The molecule has 1 fully saturated rings. The Morgan fingerprint density at radius 2 is 2.00 bits per heavy atom. The van der Waals surface area contributed by atoms with Gasteiger partial charge in [-0.2, -0.15) is 9.61 Å². The molecule has 4 rings (SSSR count). The van der Waals surface area contributed by atoms with Crippen LogP contribution < -0.4 is 10.8 Å². The van der Waals surface area contributed by atoms with Gasteiger partial charge in [-0.3, -0.25) is 0 Å². The molecule has 1 aromatic carbocycles. The van der Waals surface area contributed by atoms with E-state index in [1.165, 1.54) is 32.1 Å². The molecule has 128 valence electrons. The molecule has 25 heavy (non-hydrogen) atoms. The molecule has 1 saturated carbocycles. The summed E-state index contributed by atoms with van der Waals surface area (Å²) in [6.45, 7) is 0.986. The van der Waals surface area contributed by atoms with Crippen LogP contribution in [0.5, 0.6) is 0 Å². The zero-order chi connectivity index (χ0) is 17.2. The normalized spacial score (nSPS) is 15.6. The topological polar surface area (TPSA) is 42.2 Å². The first-order chi connectivity index (χ1) is 12.2. The lowest BCUT2D eigenvalue weighted by Gasteiger charge is -2.22. The fourth-order valence-electron chi connectivity index (χ4n) is 3.65. The molecule has 1 N–H and O–H groups in total. The zero-order valence-electron chi connectivity index (χ0n) is 14.5. The van der Waals surface area contributed by atoms with Gasteiger partial charge in [0.15, 0.2) is 5.65 Å². The molecule has 0 atom stereocenters. The van der Waals surface area contributed by atoms with Crippen molar-refractivity contribution in [2.45, 2.75) is 32.1 Å². The van der Waals surface area contributed by atoms with Crippen molar-refractivity contribution in [1.82, 2.24) is 14.6 Å². The second-order valence-electron chi connectivity index (χ2n) is 6.95. The monoisotopic (exact) mass is 352 g/mol. The van der Waals surface area contributed by atoms with Gasteiger partial charge in [0, 0.05) is 29.4 Å². The Hall–Kier alpha value is -2.01. The molecule has 0 amide bonds. The molecule has 0 aliphatic heterocycles. The predicted molar refractivity (Wildman–Crippen MR) is 107 cm³/mol. The van der Waals surface area contributed by atoms with Crippen molar-refractivity contribution in [3.63, 3.8) is 0 Å². The molecule has 1 aliphatic carbocycles. The van der Waals surface area contributed by atoms with E-state index in [-0.39, 0.29) is 0 Å². The molecule has 4 nitrogen and oxygen atoms in total. The first-order valence-corrected chi connectivity index (χ1v) is 9.44. The smallest absolute Gasteiger partial charge is 0.151 e. The molecule has 0 radical (unpaired) electrons. The van der Waals surface area contributed by atoms with Crippen LogP contribution in [0.1, 0.15) is 32.1 Å². The van der Waals surface area contributed by atoms with Crippen LogP contribution in [0.25, 0.3) is 16.9 Å². The number of hydrogen-bond acceptors (Lipinski definition) is 3. The van der Waals surface area contributed by atoms with Gasteiger partial charge in [-0.15, -0.1) is 0 Å². The Balaban J connectivity index is 1.70. The fourth-order valence-corrected chi connectivity index (χ4v) is 3.88. The number of rotatable bonds is 4. The van der Waals surface area contributed by atoms with Gasteiger partial charge in [0.25, 0.3) is 0 Å². The Kier molecular flexibility index (Phi) is 4.66. The van der Waals surface area contributed by atoms with E-state index < -0.39 is 0 Å². The van der Waals surface area contributed by atoms with Gasteiger partial charge in [0.2, 0.25) is 0 Å². The van der Waals surface area contributed by atoms with E-state index >= 15 is 0 Å². The van der Waals surface area contributed by atoms with E-state index in [1.54, 1.807) is 0 Å². The Morgan fingerprint density at radius 1 is 1.20 bits per heavy atom. The number of hydrogen-bond donors (Lipinski definition) is 1. The lowest BCUT2D eigenvalue weighted by atomic mass is 9.89. The van der Waals surface area contributed by atoms with Crippen molar-refractivity contribution in [3.05, 3.63) is 41.6 Å². The molecule has 0 unspecified atom stereocenters. The predicted octanol–water partition coefficient (Wildman–Crippen LogP) is 3.30. The van der Waals surface area contributed by atoms with Crippen molar-refractivity contribution in [1.29, 1.82) is 0 Å². The summed E-state index contributed by atoms with van der Waals surface area (Å²) in [5.41, 5.74) is 3.78. The van der Waals surface area contributed by atoms with Gasteiger partial charge in [0.05, 0.1) is 5.69 Å². The van der Waals surface area contributed by atoms with Crippen LogP contribution in [0.3, 0.4) is 0 Å². The molecule has 3 aromatic rings. The molecule has 0 saturated heterocycles. The minimum absolute atomic E-state index is 0.717. The third-order valence-corrected chi connectivity index (χ3v) is 5.42. The molecular weight excluding hydrogens is 331 g/mol. The summed E-state index contributed by atoms with van der Waals surface area (Å²) in [4.78, 5) is 4.80. The summed E-state index contributed by atoms with van der Waals surface area (Å²) in [5, 5.41) is 8.83. The Labute approximate surface area is 154 Å². The second kappa shape index (κ2) is 7.08. The number of aromatic nitrogens is 3. The number of fused-ring (bicyclic) bond motifs is 1. The number of nitrogens with one attached hydrogen (secondary N) is 1. The lowest BCUT2D eigenvalue weighted by Crippen LogP contribution is -2.19. The van der Waals surface area contributed by atoms with Crippen LogP contribution in [0.2, 0.25) is 5.02 Å². The van der Waals surface area contributed by atoms with E-state index in [2.05, 4.69) is 16.5 Å². The van der Waals surface area contributed by atoms with Crippen LogP contribution in [0, 0.1) is 5.92 Å². The number of halogens is 1. The summed E-state index contributed by atoms with van der Waals surface area (Å²) in [6, 6.07) is 9.91. The summed E-state index contributed by atoms with van der Waals surface area (Å²) >= 11 is 6.39. The molecule has 0 spiro atoms. The molecule has 2 heterocycles. The maximum Gasteiger partial charge on any atom is 0.151 e. The molecule has 2 aromatic heterocycles. The van der Waals surface area contributed by atoms with E-state index in [0.717, 1.165) is 45.7 Å². The number of anilines is 1. The lowest BCUT2D eigenvalue weighted by molar-refractivity contribution is 0.373. The molecule has 6 heteroatoms. The standard InChI is InChI=1S/C19H22BClN4/c20-15-12-23-25-18(22-11-13-6-2-1-3-7-13)10-17(24-19(15)25)14-8-4-5-9-16(14)21/h4-5,8-10,12-13,22H,1-3,6-7,11,20H2. The van der Waals surface area contributed by atoms with Crippen molar-refractivity contribution in [2.75, 3.05) is 11.9 Å². The first kappa shape index (κ1) is 16.5. The molecule has 0 bridgehead atoms. The average molecular weight is 353 g/mol. The molecule has 1 aliphatic rings. The van der Waals surface area contributed by atoms with Crippen molar-refractivity contribution < 1.29 is 0 Å². The van der Waals surface area contributed by atoms with Gasteiger partial charge in [-0.25, -0.2) is 4.98 Å². The average Bonchev–Trinajstić information content (AvgIpc) is 3.02. The third-order valence-electron chi connectivity index (χ3n) is 5.09. The van der Waals surface area contributed by atoms with Gasteiger partial charge in [0.1, 0.15) is 13.7 Å². The van der Waals surface area contributed by atoms with Gasteiger partial charge < -0.3 is 5.32 Å². The summed E-state index contributed by atoms with van der Waals surface area (Å²) in [6.07, 6.45) is 8.58. The maximum atomic E-state index is 6.39. The minimum Gasteiger partial charge on any atom is -0.370 e. The van der Waals surface area contributed by atoms with E-state index in [0.29, 0.717) is 0 Å². The highest BCUT2D eigenvalue weighted by atomic mass is 35.5. The van der Waals surface area contributed by atoms with Crippen LogP contribution in [0.4, 0.5) is 5.82 Å². The van der Waals surface area contributed by atoms with Crippen molar-refractivity contribution >= 4 is 36.4 Å². The highest BCUT2D eigenvalue weighted by Gasteiger charge is 2.16. The van der Waals surface area contributed by atoms with Gasteiger partial charge >= 0.3 is 0 Å². The van der Waals surface area contributed by atoms with Gasteiger partial charge in [-0.1, -0.05) is 49.1 Å². The number of benzene rings is 1. The Bertz CT molecular complexity index is 886. The van der Waals surface area contributed by atoms with Crippen LogP contribution in [-0.2, 0) is 0 Å². The summed E-state index contributed by atoms with van der Waals surface area (Å²) in [7, 11) is 2.04. The van der Waals surface area contributed by atoms with E-state index in [9.17, 15) is 0 Å². The van der Waals surface area contributed by atoms with Crippen LogP contribution in [0.15, 0.2) is 36.5 Å².